The smallest absolute Gasteiger partial charge is 1.00 e. The van der Waals surface area contributed by atoms with Crippen LogP contribution in [0.4, 0.5) is 11.4 Å². The Bertz CT molecular complexity index is 606. The van der Waals surface area contributed by atoms with E-state index in [4.69, 9.17) is 0 Å². The molecule has 29 heavy (non-hydrogen) atoms. The first-order valence-corrected chi connectivity index (χ1v) is 9.98. The van der Waals surface area contributed by atoms with Crippen molar-refractivity contribution in [1.82, 2.24) is 0 Å². The molecule has 0 bridgehead atoms. The van der Waals surface area contributed by atoms with Gasteiger partial charge in [-0.05, 0) is 38.8 Å². The van der Waals surface area contributed by atoms with Gasteiger partial charge in [-0.25, -0.2) is 0 Å². The molecule has 2 rings (SSSR count). The molecule has 5 heteroatoms. The summed E-state index contributed by atoms with van der Waals surface area (Å²) in [6, 6.07) is 12.6. The van der Waals surface area contributed by atoms with Crippen molar-refractivity contribution in [2.45, 2.75) is 67.2 Å². The summed E-state index contributed by atoms with van der Waals surface area (Å²) in [6.07, 6.45) is 4.81. The summed E-state index contributed by atoms with van der Waals surface area (Å²) < 4.78 is 0. The van der Waals surface area contributed by atoms with E-state index in [2.05, 4.69) is 88.6 Å². The largest absolute Gasteiger partial charge is 4.00 e. The van der Waals surface area contributed by atoms with Crippen molar-refractivity contribution in [3.05, 3.63) is 69.3 Å². The molecule has 2 aromatic carbocycles. The van der Waals surface area contributed by atoms with Crippen molar-refractivity contribution < 1.29 is 55.7 Å². The number of hydrogen-bond donors (Lipinski definition) is 0. The van der Waals surface area contributed by atoms with Gasteiger partial charge < -0.3 is 44.6 Å². The number of benzene rings is 2. The van der Waals surface area contributed by atoms with E-state index in [-0.39, 0.29) is 55.7 Å². The zero-order valence-corrected chi connectivity index (χ0v) is 23.6. The third-order valence-corrected chi connectivity index (χ3v) is 4.74. The third-order valence-electron chi connectivity index (χ3n) is 4.74. The van der Waals surface area contributed by atoms with Crippen LogP contribution in [0, 0.1) is 27.7 Å². The van der Waals surface area contributed by atoms with Gasteiger partial charge in [0, 0.05) is 0 Å². The molecule has 0 heterocycles. The molecule has 0 fully saturated rings. The maximum Gasteiger partial charge on any atom is 4.00 e. The second kappa shape index (κ2) is 19.7. The summed E-state index contributed by atoms with van der Waals surface area (Å²) in [7, 11) is 0. The molecule has 0 atom stereocenters. The van der Waals surface area contributed by atoms with Crippen LogP contribution in [0.3, 0.4) is 0 Å². The summed E-state index contributed by atoms with van der Waals surface area (Å²) in [5.74, 6) is 0. The molecular weight excluding hydrogens is 524 g/mol. The summed E-state index contributed by atoms with van der Waals surface area (Å²) >= 11 is 0. The van der Waals surface area contributed by atoms with E-state index in [9.17, 15) is 0 Å². The molecule has 0 amide bonds. The first kappa shape index (κ1) is 33.4. The Hall–Kier alpha value is -0.286. The molecule has 0 spiro atoms. The first-order chi connectivity index (χ1) is 12.5. The summed E-state index contributed by atoms with van der Waals surface area (Å²) in [6.45, 7) is 14.8. The van der Waals surface area contributed by atoms with Crippen molar-refractivity contribution in [1.29, 1.82) is 0 Å². The fourth-order valence-electron chi connectivity index (χ4n) is 2.53. The van der Waals surface area contributed by atoms with Gasteiger partial charge in [-0.15, -0.1) is 24.5 Å². The Morgan fingerprint density at radius 1 is 0.621 bits per heavy atom. The van der Waals surface area contributed by atoms with Crippen LogP contribution in [0.25, 0.3) is 10.6 Å². The molecule has 2 nitrogen and oxygen atoms in total. The molecule has 0 N–H and O–H groups in total. The Balaban J connectivity index is -0.000000422. The van der Waals surface area contributed by atoms with Crippen LogP contribution in [0.2, 0.25) is 0 Å². The van der Waals surface area contributed by atoms with Gasteiger partial charge in [0.15, 0.2) is 0 Å². The molecular formula is C24H36Br2N2Ti. The number of halogens is 2. The van der Waals surface area contributed by atoms with Gasteiger partial charge in [-0.3, -0.25) is 0 Å². The van der Waals surface area contributed by atoms with Crippen molar-refractivity contribution >= 4 is 11.4 Å². The average molecular weight is 560 g/mol. The topological polar surface area (TPSA) is 28.2 Å². The van der Waals surface area contributed by atoms with E-state index in [1.54, 1.807) is 0 Å². The predicted molar refractivity (Wildman–Crippen MR) is 117 cm³/mol. The van der Waals surface area contributed by atoms with E-state index in [0.717, 1.165) is 24.5 Å². The SMILES string of the molecule is CCCC[N-]c1cccc(C)c1C.CCCC[N-]c1cccc(C)c1C.[Br-].[Br-].[Ti+4]. The minimum absolute atomic E-state index is 0. The van der Waals surface area contributed by atoms with Gasteiger partial charge in [0.2, 0.25) is 0 Å². The zero-order valence-electron chi connectivity index (χ0n) is 18.9. The van der Waals surface area contributed by atoms with Crippen LogP contribution >= 0.6 is 0 Å². The fraction of sp³-hybridized carbons (Fsp3) is 0.500. The molecule has 2 aromatic rings. The number of aryl methyl sites for hydroxylation is 2. The maximum atomic E-state index is 4.56. The summed E-state index contributed by atoms with van der Waals surface area (Å²) in [4.78, 5) is 0. The predicted octanol–water partition coefficient (Wildman–Crippen LogP) is 2.22. The quantitative estimate of drug-likeness (QED) is 0.351. The maximum absolute atomic E-state index is 4.56. The van der Waals surface area contributed by atoms with E-state index >= 15 is 0 Å². The van der Waals surface area contributed by atoms with E-state index in [0.29, 0.717) is 0 Å². The minimum atomic E-state index is 0. The van der Waals surface area contributed by atoms with Crippen LogP contribution < -0.4 is 34.0 Å². The van der Waals surface area contributed by atoms with Crippen LogP contribution in [-0.2, 0) is 21.7 Å². The second-order valence-corrected chi connectivity index (χ2v) is 6.91. The Kier molecular flexibility index (Phi) is 22.6. The number of hydrogen-bond acceptors (Lipinski definition) is 0. The monoisotopic (exact) mass is 558 g/mol. The van der Waals surface area contributed by atoms with Gasteiger partial charge in [0.25, 0.3) is 0 Å². The van der Waals surface area contributed by atoms with Crippen LogP contribution in [0.5, 0.6) is 0 Å². The Morgan fingerprint density at radius 3 is 1.28 bits per heavy atom. The van der Waals surface area contributed by atoms with E-state index in [1.807, 2.05) is 0 Å². The first-order valence-electron chi connectivity index (χ1n) is 9.98. The normalized spacial score (nSPS) is 9.03. The molecule has 0 aliphatic heterocycles. The molecule has 0 aliphatic rings. The van der Waals surface area contributed by atoms with Gasteiger partial charge in [-0.2, -0.15) is 0 Å². The molecule has 0 aliphatic carbocycles. The van der Waals surface area contributed by atoms with Gasteiger partial charge >= 0.3 is 21.7 Å². The number of rotatable bonds is 8. The summed E-state index contributed by atoms with van der Waals surface area (Å²) in [5.41, 5.74) is 7.62. The second-order valence-electron chi connectivity index (χ2n) is 6.91. The van der Waals surface area contributed by atoms with Crippen molar-refractivity contribution in [3.8, 4) is 0 Å². The molecule has 0 radical (unpaired) electrons. The van der Waals surface area contributed by atoms with Crippen LogP contribution in [-0.4, -0.2) is 13.1 Å². The van der Waals surface area contributed by atoms with Crippen molar-refractivity contribution in [3.63, 3.8) is 0 Å². The summed E-state index contributed by atoms with van der Waals surface area (Å²) in [5, 5.41) is 9.11. The zero-order chi connectivity index (χ0) is 19.4. The number of unbranched alkanes of at least 4 members (excludes halogenated alkanes) is 2. The van der Waals surface area contributed by atoms with Crippen molar-refractivity contribution in [2.24, 2.45) is 0 Å². The van der Waals surface area contributed by atoms with E-state index in [1.165, 1.54) is 47.9 Å². The standard InChI is InChI=1S/2C12H18N.2BrH.Ti/c2*1-4-5-9-13-12-8-6-7-10(2)11(12)3;;;/h2*6-8H,4-5,9H2,1-3H3;2*1H;/q2*-1;;;+4/p-2. The molecule has 0 saturated heterocycles. The van der Waals surface area contributed by atoms with E-state index < -0.39 is 0 Å². The molecule has 0 unspecified atom stereocenters. The third kappa shape index (κ3) is 12.9. The van der Waals surface area contributed by atoms with Crippen LogP contribution in [0.15, 0.2) is 36.4 Å². The molecule has 160 valence electrons. The van der Waals surface area contributed by atoms with Gasteiger partial charge in [-0.1, -0.05) is 87.1 Å². The molecule has 0 aromatic heterocycles. The Labute approximate surface area is 215 Å². The van der Waals surface area contributed by atoms with Gasteiger partial charge in [0.05, 0.1) is 0 Å². The number of nitrogens with zero attached hydrogens (tertiary/aromatic N) is 2. The fourth-order valence-corrected chi connectivity index (χ4v) is 2.53. The van der Waals surface area contributed by atoms with Crippen LogP contribution in [0.1, 0.15) is 61.8 Å². The minimum Gasteiger partial charge on any atom is -1.00 e. The average Bonchev–Trinajstić information content (AvgIpc) is 2.63. The Morgan fingerprint density at radius 2 is 0.966 bits per heavy atom. The van der Waals surface area contributed by atoms with Crippen molar-refractivity contribution in [2.75, 3.05) is 13.1 Å². The molecule has 0 saturated carbocycles. The van der Waals surface area contributed by atoms with Gasteiger partial charge in [0.1, 0.15) is 0 Å².